The smallest absolute Gasteiger partial charge is 0.251 e. The highest BCUT2D eigenvalue weighted by molar-refractivity contribution is 7.86. The number of nitrogens with one attached hydrogen (secondary N) is 6. The predicted molar refractivity (Wildman–Crippen MR) is 278 cm³/mol. The van der Waals surface area contributed by atoms with Gasteiger partial charge in [0.2, 0.25) is 17.7 Å². The van der Waals surface area contributed by atoms with Crippen molar-refractivity contribution in [2.24, 2.45) is 16.1 Å². The minimum Gasteiger partial charge on any atom is -0.744 e. The average Bonchev–Trinajstić information content (AvgIpc) is 3.39. The number of rotatable bonds is 26. The van der Waals surface area contributed by atoms with Gasteiger partial charge < -0.3 is 51.3 Å². The van der Waals surface area contributed by atoms with E-state index in [1.165, 1.54) is 18.2 Å². The summed E-state index contributed by atoms with van der Waals surface area (Å²) < 4.78 is 35.5. The Balaban J connectivity index is 1.05. The van der Waals surface area contributed by atoms with Crippen molar-refractivity contribution in [2.45, 2.75) is 93.7 Å². The zero-order valence-corrected chi connectivity index (χ0v) is 42.3. The van der Waals surface area contributed by atoms with Crippen LogP contribution in [0.15, 0.2) is 130 Å². The van der Waals surface area contributed by atoms with E-state index in [4.69, 9.17) is 0 Å². The molecular weight excluding hydrogens is 967 g/mol. The number of hydrogen-bond acceptors (Lipinski definition) is 14. The van der Waals surface area contributed by atoms with Crippen LogP contribution in [0, 0.1) is 5.92 Å². The second kappa shape index (κ2) is 27.4. The van der Waals surface area contributed by atoms with Crippen LogP contribution >= 0.6 is 0 Å². The number of amides is 5. The molecule has 1 aliphatic rings. The van der Waals surface area contributed by atoms with E-state index in [1.807, 2.05) is 43.3 Å². The van der Waals surface area contributed by atoms with Crippen LogP contribution in [0.2, 0.25) is 0 Å². The molecule has 0 bridgehead atoms. The van der Waals surface area contributed by atoms with Gasteiger partial charge in [0.15, 0.2) is 0 Å². The summed E-state index contributed by atoms with van der Waals surface area (Å²) in [6, 6.07) is 27.7. The van der Waals surface area contributed by atoms with E-state index in [0.717, 1.165) is 37.8 Å². The number of anilines is 2. The molecule has 1 saturated carbocycles. The Morgan fingerprint density at radius 3 is 1.91 bits per heavy atom. The fraction of sp³-hybridized carbons (Fsp3) is 0.370. The Kier molecular flexibility index (Phi) is 20.6. The third-order valence-electron chi connectivity index (χ3n) is 12.7. The first-order chi connectivity index (χ1) is 35.5. The molecule has 5 amide bonds. The monoisotopic (exact) mass is 1030 g/mol. The fourth-order valence-electron chi connectivity index (χ4n) is 8.69. The lowest BCUT2D eigenvalue weighted by atomic mass is 9.84. The second-order valence-corrected chi connectivity index (χ2v) is 19.8. The summed E-state index contributed by atoms with van der Waals surface area (Å²) in [4.78, 5) is 81.7. The lowest BCUT2D eigenvalue weighted by Gasteiger charge is -2.29. The van der Waals surface area contributed by atoms with Gasteiger partial charge in [-0.25, -0.2) is 8.42 Å². The van der Waals surface area contributed by atoms with Crippen LogP contribution in [-0.2, 0) is 29.3 Å². The van der Waals surface area contributed by atoms with Gasteiger partial charge in [-0.1, -0.05) is 74.6 Å². The van der Waals surface area contributed by atoms with Gasteiger partial charge in [0.25, 0.3) is 11.8 Å². The molecule has 0 aliphatic heterocycles. The highest BCUT2D eigenvalue weighted by atomic mass is 32.2. The number of carbonyl (C=O) groups excluding carboxylic acids is 6. The maximum Gasteiger partial charge on any atom is 0.251 e. The largest absolute Gasteiger partial charge is 0.744 e. The molecule has 0 aromatic heterocycles. The van der Waals surface area contributed by atoms with Crippen LogP contribution in [-0.4, -0.2) is 100 Å². The van der Waals surface area contributed by atoms with Crippen molar-refractivity contribution in [3.05, 3.63) is 126 Å². The van der Waals surface area contributed by atoms with Crippen LogP contribution in [0.25, 0.3) is 10.8 Å². The van der Waals surface area contributed by atoms with Crippen molar-refractivity contribution in [1.82, 2.24) is 26.6 Å². The maximum absolute atomic E-state index is 14.2. The zero-order valence-electron chi connectivity index (χ0n) is 41.5. The zero-order chi connectivity index (χ0) is 53.0. The molecule has 6 N–H and O–H groups in total. The standard InChI is InChI=1S/C54H65N9O10S/c1-63(2)41-28-26-40(27-29-41)62-61-39-24-22-38(23-25-39)50(65)57-32-10-9-19-46(54(69)70)59-52(67)45(58-53(68)47(35-36-13-5-3-6-14-36)60-51(66)37-15-7-4-8-16-37)30-31-49(64)56-34-33-55-44-20-11-18-43-42(44)17-12-21-48(43)74(71,72)73/h4,7-8,11-12,15-18,20-29,36,45-47,55H,3,5-6,9-10,13-14,19,30-35H2,1-2H3,(H,56,64)(H,57,65)(H,58,68)(H,59,67)(H,60,66)(H,69,70)(H,71,72,73)/p-2/t45-,46-,47-/m0/s1. The Morgan fingerprint density at radius 2 is 1.24 bits per heavy atom. The predicted octanol–water partition coefficient (Wildman–Crippen LogP) is 5.62. The van der Waals surface area contributed by atoms with Crippen molar-refractivity contribution >= 4 is 79.1 Å². The van der Waals surface area contributed by atoms with Gasteiger partial charge in [0.05, 0.1) is 28.3 Å². The van der Waals surface area contributed by atoms with Crippen molar-refractivity contribution in [2.75, 3.05) is 43.9 Å². The molecule has 0 heterocycles. The van der Waals surface area contributed by atoms with Gasteiger partial charge in [-0.15, -0.1) is 0 Å². The normalized spacial score (nSPS) is 14.0. The van der Waals surface area contributed by atoms with E-state index in [1.54, 1.807) is 72.8 Å². The highest BCUT2D eigenvalue weighted by Gasteiger charge is 2.31. The van der Waals surface area contributed by atoms with Crippen LogP contribution in [0.1, 0.15) is 91.3 Å². The van der Waals surface area contributed by atoms with E-state index in [-0.39, 0.29) is 67.4 Å². The molecule has 0 radical (unpaired) electrons. The third kappa shape index (κ3) is 16.9. The number of azo groups is 1. The first kappa shape index (κ1) is 55.6. The molecule has 20 heteroatoms. The van der Waals surface area contributed by atoms with Gasteiger partial charge in [0, 0.05) is 73.4 Å². The van der Waals surface area contributed by atoms with Crippen LogP contribution in [0.3, 0.4) is 0 Å². The Labute approximate surface area is 431 Å². The lowest BCUT2D eigenvalue weighted by molar-refractivity contribution is -0.308. The molecule has 19 nitrogen and oxygen atoms in total. The van der Waals surface area contributed by atoms with Crippen LogP contribution < -0.4 is 41.9 Å². The highest BCUT2D eigenvalue weighted by Crippen LogP contribution is 2.30. The number of carboxylic acid groups (broad SMARTS) is 1. The minimum absolute atomic E-state index is 0.0716. The number of unbranched alkanes of at least 4 members (excludes halogenated alkanes) is 1. The van der Waals surface area contributed by atoms with Gasteiger partial charge in [-0.2, -0.15) is 10.2 Å². The van der Waals surface area contributed by atoms with Gasteiger partial charge in [-0.3, -0.25) is 24.0 Å². The summed E-state index contributed by atoms with van der Waals surface area (Å²) in [6.07, 6.45) is 5.07. The molecule has 1 aliphatic carbocycles. The molecule has 5 aromatic rings. The first-order valence-electron chi connectivity index (χ1n) is 24.8. The summed E-state index contributed by atoms with van der Waals surface area (Å²) in [5.74, 6) is -4.30. The van der Waals surface area contributed by atoms with E-state index in [9.17, 15) is 46.8 Å². The summed E-state index contributed by atoms with van der Waals surface area (Å²) in [7, 11) is -0.845. The minimum atomic E-state index is -4.73. The van der Waals surface area contributed by atoms with E-state index in [2.05, 4.69) is 42.1 Å². The molecule has 1 fully saturated rings. The summed E-state index contributed by atoms with van der Waals surface area (Å²) in [5.41, 5.74) is 3.51. The summed E-state index contributed by atoms with van der Waals surface area (Å²) in [5, 5.41) is 38.3. The molecule has 3 atom stereocenters. The number of carbonyl (C=O) groups is 6. The third-order valence-corrected chi connectivity index (χ3v) is 13.6. The molecule has 5 aromatic carbocycles. The van der Waals surface area contributed by atoms with E-state index in [0.29, 0.717) is 46.4 Å². The van der Waals surface area contributed by atoms with Crippen LogP contribution in [0.5, 0.6) is 0 Å². The summed E-state index contributed by atoms with van der Waals surface area (Å²) >= 11 is 0. The molecule has 0 saturated heterocycles. The number of aliphatic carboxylic acids is 1. The van der Waals surface area contributed by atoms with E-state index >= 15 is 0 Å². The average molecular weight is 1030 g/mol. The van der Waals surface area contributed by atoms with Crippen molar-refractivity contribution in [3.63, 3.8) is 0 Å². The Hall–Kier alpha value is -7.71. The van der Waals surface area contributed by atoms with Crippen molar-refractivity contribution < 1.29 is 46.8 Å². The fourth-order valence-corrected chi connectivity index (χ4v) is 9.38. The molecular formula is C54H63N9O10S-2. The molecule has 0 unspecified atom stereocenters. The topological polar surface area (TPSA) is 283 Å². The second-order valence-electron chi connectivity index (χ2n) is 18.4. The number of nitrogens with zero attached hydrogens (tertiary/aromatic N) is 3. The first-order valence-corrected chi connectivity index (χ1v) is 26.2. The summed E-state index contributed by atoms with van der Waals surface area (Å²) in [6.45, 7) is 0.480. The number of carboxylic acids is 1. The molecule has 6 rings (SSSR count). The van der Waals surface area contributed by atoms with E-state index < -0.39 is 57.8 Å². The molecule has 392 valence electrons. The van der Waals surface area contributed by atoms with Crippen molar-refractivity contribution in [1.29, 1.82) is 0 Å². The number of hydrogen-bond donors (Lipinski definition) is 6. The van der Waals surface area contributed by atoms with Crippen molar-refractivity contribution in [3.8, 4) is 0 Å². The van der Waals surface area contributed by atoms with Crippen LogP contribution in [0.4, 0.5) is 22.7 Å². The Morgan fingerprint density at radius 1 is 0.622 bits per heavy atom. The lowest BCUT2D eigenvalue weighted by Crippen LogP contribution is -2.57. The SMILES string of the molecule is CN(C)c1ccc(N=Nc2ccc(C(=O)NCCCC[C@H](NC(=O)[C@H](CCC(=O)NCCNc3cccc4c(S(=O)(=O)[O-])cccc34)NC(=O)[C@H](CC3CCCCC3)NC(=O)c3ccccc3)C(=O)[O-])cc2)cc1. The quantitative estimate of drug-likeness (QED) is 0.0224. The number of benzene rings is 5. The van der Waals surface area contributed by atoms with Gasteiger partial charge >= 0.3 is 0 Å². The molecule has 0 spiro atoms. The maximum atomic E-state index is 14.2. The Bertz CT molecular complexity index is 2860. The van der Waals surface area contributed by atoms with Gasteiger partial charge in [-0.05, 0) is 111 Å². The number of fused-ring (bicyclic) bond motifs is 1. The molecule has 74 heavy (non-hydrogen) atoms. The van der Waals surface area contributed by atoms with Gasteiger partial charge in [0.1, 0.15) is 22.2 Å².